The summed E-state index contributed by atoms with van der Waals surface area (Å²) < 4.78 is 2.28. The van der Waals surface area contributed by atoms with Gasteiger partial charge in [0.25, 0.3) is 0 Å². The third-order valence-electron chi connectivity index (χ3n) is 13.2. The minimum absolute atomic E-state index is 0.271. The zero-order valence-corrected chi connectivity index (χ0v) is 35.1. The zero-order valence-electron chi connectivity index (χ0n) is 35.1. The van der Waals surface area contributed by atoms with Crippen molar-refractivity contribution >= 4 is 49.6 Å². The summed E-state index contributed by atoms with van der Waals surface area (Å²) in [5.74, 6) is 1.01. The van der Waals surface area contributed by atoms with Gasteiger partial charge in [0.1, 0.15) is 0 Å². The number of nitrogens with zero attached hydrogens (tertiary/aromatic N) is 4. The van der Waals surface area contributed by atoms with Crippen LogP contribution in [0.2, 0.25) is 0 Å². The molecule has 1 aliphatic carbocycles. The molecule has 0 bridgehead atoms. The third-order valence-corrected chi connectivity index (χ3v) is 13.2. The number of hydrogen-bond acceptors (Lipinski definition) is 3. The minimum atomic E-state index is -0.271. The maximum atomic E-state index is 5.45. The van der Waals surface area contributed by atoms with Gasteiger partial charge in [-0.1, -0.05) is 178 Å². The van der Waals surface area contributed by atoms with E-state index in [1.54, 1.807) is 0 Å². The molecule has 0 radical (unpaired) electrons. The summed E-state index contributed by atoms with van der Waals surface area (Å²) in [7, 11) is 0. The Morgan fingerprint density at radius 1 is 0.587 bits per heavy atom. The van der Waals surface area contributed by atoms with E-state index in [9.17, 15) is 0 Å². The molecular weight excluding hydrogens is 765 g/mol. The fourth-order valence-electron chi connectivity index (χ4n) is 9.94. The first-order chi connectivity index (χ1) is 31.0. The van der Waals surface area contributed by atoms with Crippen LogP contribution in [0, 0.1) is 12.1 Å². The van der Waals surface area contributed by atoms with E-state index in [2.05, 4.69) is 230 Å². The molecule has 8 aromatic carbocycles. The summed E-state index contributed by atoms with van der Waals surface area (Å²) >= 11 is 0. The van der Waals surface area contributed by atoms with E-state index < -0.39 is 0 Å². The Kier molecular flexibility index (Phi) is 8.52. The number of allylic oxidation sites excluding steroid dienone is 4. The fraction of sp³-hybridized carbons (Fsp3) is 0.0847. The molecule has 1 unspecified atom stereocenters. The molecule has 0 fully saturated rings. The molecular formula is C59H42N4. The number of fused-ring (bicyclic) bond motifs is 7. The largest absolute Gasteiger partial charge is 0.309 e. The van der Waals surface area contributed by atoms with Crippen molar-refractivity contribution in [3.63, 3.8) is 0 Å². The zero-order chi connectivity index (χ0) is 42.1. The van der Waals surface area contributed by atoms with E-state index >= 15 is 0 Å². The molecule has 4 heteroatoms. The van der Waals surface area contributed by atoms with Crippen LogP contribution in [0.25, 0.3) is 72.2 Å². The highest BCUT2D eigenvalue weighted by Gasteiger charge is 2.37. The lowest BCUT2D eigenvalue weighted by Crippen LogP contribution is -2.30. The van der Waals surface area contributed by atoms with Gasteiger partial charge >= 0.3 is 0 Å². The van der Waals surface area contributed by atoms with Gasteiger partial charge in [0.15, 0.2) is 0 Å². The molecule has 0 amide bonds. The molecule has 2 aromatic heterocycles. The van der Waals surface area contributed by atoms with Crippen LogP contribution in [0.4, 0.5) is 17.1 Å². The normalized spacial score (nSPS) is 15.1. The summed E-state index contributed by atoms with van der Waals surface area (Å²) in [6.07, 6.45) is 9.81. The molecule has 0 N–H and O–H groups in total. The van der Waals surface area contributed by atoms with Crippen LogP contribution < -0.4 is 4.90 Å². The topological polar surface area (TPSA) is 34.0 Å². The summed E-state index contributed by atoms with van der Waals surface area (Å²) in [6.45, 7) is 4.59. The predicted octanol–water partition coefficient (Wildman–Crippen LogP) is 15.0. The molecule has 10 aromatic rings. The monoisotopic (exact) mass is 806 g/mol. The van der Waals surface area contributed by atoms with Crippen molar-refractivity contribution in [2.75, 3.05) is 4.90 Å². The molecule has 12 rings (SSSR count). The highest BCUT2D eigenvalue weighted by molar-refractivity contribution is 6.21. The van der Waals surface area contributed by atoms with Crippen molar-refractivity contribution in [1.82, 2.24) is 14.5 Å². The van der Waals surface area contributed by atoms with Crippen molar-refractivity contribution < 1.29 is 0 Å². The van der Waals surface area contributed by atoms with Crippen LogP contribution in [-0.4, -0.2) is 14.5 Å². The van der Waals surface area contributed by atoms with Gasteiger partial charge in [0.05, 0.1) is 33.8 Å². The Bertz CT molecular complexity index is 3450. The second-order valence-corrected chi connectivity index (χ2v) is 17.2. The van der Waals surface area contributed by atoms with Gasteiger partial charge in [0, 0.05) is 44.5 Å². The lowest BCUT2D eigenvalue weighted by Gasteiger charge is -2.41. The van der Waals surface area contributed by atoms with Crippen molar-refractivity contribution in [3.8, 4) is 39.6 Å². The minimum Gasteiger partial charge on any atom is -0.309 e. The number of benzene rings is 7. The average molecular weight is 807 g/mol. The van der Waals surface area contributed by atoms with E-state index in [0.717, 1.165) is 79.1 Å². The molecule has 0 saturated carbocycles. The molecule has 0 spiro atoms. The van der Waals surface area contributed by atoms with E-state index in [4.69, 9.17) is 9.97 Å². The molecule has 1 aliphatic heterocycles. The third kappa shape index (κ3) is 6.08. The van der Waals surface area contributed by atoms with Crippen LogP contribution in [0.3, 0.4) is 0 Å². The van der Waals surface area contributed by atoms with Crippen LogP contribution in [-0.2, 0) is 5.41 Å². The van der Waals surface area contributed by atoms with Gasteiger partial charge in [-0.15, -0.1) is 0 Å². The quantitative estimate of drug-likeness (QED) is 0.168. The van der Waals surface area contributed by atoms with Gasteiger partial charge < -0.3 is 4.90 Å². The average Bonchev–Trinajstić information content (AvgIpc) is 3.69. The standard InChI is InChI=1S/C59H42N4/c1-59(2)49-24-14-15-25-53(49)62(46-21-10-5-11-22-46)56-37-45(31-34-50(56)59)44-30-33-48-55(36-44)63(54-35-32-41-18-12-13-23-47(41)57(48)54)58-60-51(42-19-8-4-9-20-42)38-52(61-58)43-28-26-40(27-29-43)39-16-6-3-7-17-39/h3-13,15-16,18-23,25-39H,17H2,1-2H3. The molecule has 298 valence electrons. The van der Waals surface area contributed by atoms with Gasteiger partial charge in [-0.3, -0.25) is 4.57 Å². The Hall–Kier alpha value is -8.00. The first-order valence-corrected chi connectivity index (χ1v) is 21.8. The van der Waals surface area contributed by atoms with E-state index in [-0.39, 0.29) is 5.41 Å². The molecule has 63 heavy (non-hydrogen) atoms. The van der Waals surface area contributed by atoms with Gasteiger partial charge in [-0.2, -0.15) is 0 Å². The van der Waals surface area contributed by atoms with Crippen LogP contribution in [0.15, 0.2) is 200 Å². The molecule has 4 nitrogen and oxygen atoms in total. The number of anilines is 3. The van der Waals surface area contributed by atoms with Gasteiger partial charge in [0.2, 0.25) is 5.95 Å². The number of hydrogen-bond donors (Lipinski definition) is 0. The van der Waals surface area contributed by atoms with Gasteiger partial charge in [-0.25, -0.2) is 9.97 Å². The van der Waals surface area contributed by atoms with E-state index in [0.29, 0.717) is 11.9 Å². The second kappa shape index (κ2) is 14.6. The van der Waals surface area contributed by atoms with Crippen LogP contribution in [0.5, 0.6) is 0 Å². The van der Waals surface area contributed by atoms with E-state index in [1.165, 1.54) is 27.3 Å². The van der Waals surface area contributed by atoms with Crippen molar-refractivity contribution in [1.29, 1.82) is 0 Å². The summed E-state index contributed by atoms with van der Waals surface area (Å²) in [6, 6.07) is 70.0. The molecule has 2 aliphatic rings. The maximum absolute atomic E-state index is 5.45. The first kappa shape index (κ1) is 36.8. The Balaban J connectivity index is 1.08. The SMILES string of the molecule is CC1(C)c2c#cccc2N(c2ccccc2)c2cc(-c3ccc4c5c6ccccc6ccc5n(-c5nc(-c6ccccc6)cc(-c6ccc(C7C=CC=CC7)cc6)n5)c4c3)ccc21. The lowest BCUT2D eigenvalue weighted by atomic mass is 9.73. The lowest BCUT2D eigenvalue weighted by molar-refractivity contribution is 0.632. The van der Waals surface area contributed by atoms with Crippen LogP contribution >= 0.6 is 0 Å². The van der Waals surface area contributed by atoms with Crippen molar-refractivity contribution in [2.24, 2.45) is 0 Å². The number of rotatable bonds is 6. The summed E-state index contributed by atoms with van der Waals surface area (Å²) in [5, 5.41) is 4.75. The molecule has 3 heterocycles. The second-order valence-electron chi connectivity index (χ2n) is 17.2. The smallest absolute Gasteiger partial charge is 0.235 e. The van der Waals surface area contributed by atoms with Gasteiger partial charge in [-0.05, 0) is 88.0 Å². The van der Waals surface area contributed by atoms with E-state index in [1.807, 2.05) is 6.07 Å². The first-order valence-electron chi connectivity index (χ1n) is 21.8. The predicted molar refractivity (Wildman–Crippen MR) is 260 cm³/mol. The number of aromatic nitrogens is 3. The fourth-order valence-corrected chi connectivity index (χ4v) is 9.94. The van der Waals surface area contributed by atoms with Crippen molar-refractivity contribution in [2.45, 2.75) is 31.6 Å². The van der Waals surface area contributed by atoms with Crippen molar-refractivity contribution in [3.05, 3.63) is 229 Å². The summed E-state index contributed by atoms with van der Waals surface area (Å²) in [5.41, 5.74) is 15.0. The molecule has 1 atom stereocenters. The Morgan fingerprint density at radius 3 is 2.10 bits per heavy atom. The van der Waals surface area contributed by atoms with Crippen LogP contribution in [0.1, 0.15) is 42.9 Å². The highest BCUT2D eigenvalue weighted by Crippen LogP contribution is 2.52. The summed E-state index contributed by atoms with van der Waals surface area (Å²) in [4.78, 5) is 13.2. The Labute approximate surface area is 367 Å². The molecule has 0 saturated heterocycles. The Morgan fingerprint density at radius 2 is 1.30 bits per heavy atom. The maximum Gasteiger partial charge on any atom is 0.235 e. The number of para-hydroxylation sites is 1. The highest BCUT2D eigenvalue weighted by atomic mass is 15.2.